The minimum atomic E-state index is -0.420. The monoisotopic (exact) mass is 212 g/mol. The first-order valence-electron chi connectivity index (χ1n) is 5.33. The molecule has 1 rings (SSSR count). The average Bonchev–Trinajstić information content (AvgIpc) is 1.98. The first kappa shape index (κ1) is 12.0. The van der Waals surface area contributed by atoms with Gasteiger partial charge in [0.1, 0.15) is 5.60 Å². The van der Waals surface area contributed by atoms with Gasteiger partial charge in [-0.3, -0.25) is 0 Å². The maximum atomic E-state index is 11.7. The summed E-state index contributed by atoms with van der Waals surface area (Å²) in [5.41, 5.74) is -0.420. The second kappa shape index (κ2) is 5.16. The van der Waals surface area contributed by atoms with Gasteiger partial charge in [-0.2, -0.15) is 0 Å². The highest BCUT2D eigenvalue weighted by Gasteiger charge is 2.21. The van der Waals surface area contributed by atoms with Crippen LogP contribution in [0, 0.1) is 0 Å². The van der Waals surface area contributed by atoms with Crippen molar-refractivity contribution in [2.75, 3.05) is 26.2 Å². The van der Waals surface area contributed by atoms with Gasteiger partial charge in [0.25, 0.3) is 0 Å². The number of ether oxygens (including phenoxy) is 1. The SMILES string of the molecule is CC(C)(C)OC(=O)N1C/C=C\CNCC1. The molecule has 0 aromatic heterocycles. The van der Waals surface area contributed by atoms with Crippen LogP contribution in [0.5, 0.6) is 0 Å². The van der Waals surface area contributed by atoms with Crippen molar-refractivity contribution < 1.29 is 9.53 Å². The standard InChI is InChI=1S/C11H20N2O2/c1-11(2,3)15-10(14)13-8-5-4-6-12-7-9-13/h4-5,12H,6-9H2,1-3H3/b5-4-. The summed E-state index contributed by atoms with van der Waals surface area (Å²) in [5, 5.41) is 3.20. The third kappa shape index (κ3) is 4.83. The van der Waals surface area contributed by atoms with Crippen molar-refractivity contribution in [1.29, 1.82) is 0 Å². The lowest BCUT2D eigenvalue weighted by Gasteiger charge is -2.27. The van der Waals surface area contributed by atoms with Crippen molar-refractivity contribution in [3.63, 3.8) is 0 Å². The van der Waals surface area contributed by atoms with E-state index in [0.29, 0.717) is 13.1 Å². The van der Waals surface area contributed by atoms with Gasteiger partial charge in [0.05, 0.1) is 0 Å². The average molecular weight is 212 g/mol. The van der Waals surface area contributed by atoms with Gasteiger partial charge in [0.15, 0.2) is 0 Å². The third-order valence-electron chi connectivity index (χ3n) is 1.96. The summed E-state index contributed by atoms with van der Waals surface area (Å²) in [5.74, 6) is 0. The van der Waals surface area contributed by atoms with Gasteiger partial charge in [-0.1, -0.05) is 12.2 Å². The Morgan fingerprint density at radius 1 is 1.40 bits per heavy atom. The van der Waals surface area contributed by atoms with E-state index in [1.807, 2.05) is 32.9 Å². The second-order valence-electron chi connectivity index (χ2n) is 4.60. The molecule has 0 bridgehead atoms. The lowest BCUT2D eigenvalue weighted by atomic mass is 10.2. The van der Waals surface area contributed by atoms with E-state index in [4.69, 9.17) is 4.74 Å². The predicted octanol–water partition coefficient (Wildman–Crippen LogP) is 1.38. The minimum Gasteiger partial charge on any atom is -0.444 e. The van der Waals surface area contributed by atoms with E-state index in [2.05, 4.69) is 5.32 Å². The van der Waals surface area contributed by atoms with Crippen LogP contribution < -0.4 is 5.32 Å². The molecule has 0 aromatic rings. The van der Waals surface area contributed by atoms with Crippen LogP contribution in [0.2, 0.25) is 0 Å². The Kier molecular flexibility index (Phi) is 4.15. The molecule has 15 heavy (non-hydrogen) atoms. The van der Waals surface area contributed by atoms with E-state index in [-0.39, 0.29) is 6.09 Å². The Bertz CT molecular complexity index is 243. The van der Waals surface area contributed by atoms with Gasteiger partial charge in [0, 0.05) is 26.2 Å². The molecule has 4 nitrogen and oxygen atoms in total. The number of nitrogens with zero attached hydrogens (tertiary/aromatic N) is 1. The largest absolute Gasteiger partial charge is 0.444 e. The topological polar surface area (TPSA) is 41.6 Å². The van der Waals surface area contributed by atoms with Crippen molar-refractivity contribution in [3.05, 3.63) is 12.2 Å². The first-order valence-corrected chi connectivity index (χ1v) is 5.33. The number of amides is 1. The van der Waals surface area contributed by atoms with Gasteiger partial charge < -0.3 is 15.0 Å². The number of hydrogen-bond donors (Lipinski definition) is 1. The molecule has 0 saturated heterocycles. The normalized spacial score (nSPS) is 20.3. The molecule has 0 spiro atoms. The van der Waals surface area contributed by atoms with Gasteiger partial charge in [0.2, 0.25) is 0 Å². The summed E-state index contributed by atoms with van der Waals surface area (Å²) in [4.78, 5) is 13.4. The maximum absolute atomic E-state index is 11.7. The molecule has 86 valence electrons. The fraction of sp³-hybridized carbons (Fsp3) is 0.727. The van der Waals surface area contributed by atoms with Crippen molar-refractivity contribution in [1.82, 2.24) is 10.2 Å². The summed E-state index contributed by atoms with van der Waals surface area (Å²) in [6.07, 6.45) is 3.77. The predicted molar refractivity (Wildman–Crippen MR) is 59.8 cm³/mol. The molecule has 0 aromatic carbocycles. The number of rotatable bonds is 0. The van der Waals surface area contributed by atoms with E-state index in [9.17, 15) is 4.79 Å². The van der Waals surface area contributed by atoms with Gasteiger partial charge >= 0.3 is 6.09 Å². The highest BCUT2D eigenvalue weighted by atomic mass is 16.6. The van der Waals surface area contributed by atoms with Gasteiger partial charge in [-0.05, 0) is 20.8 Å². The van der Waals surface area contributed by atoms with E-state index < -0.39 is 5.60 Å². The molecule has 1 heterocycles. The highest BCUT2D eigenvalue weighted by Crippen LogP contribution is 2.09. The smallest absolute Gasteiger partial charge is 0.410 e. The Hall–Kier alpha value is -1.03. The number of hydrogen-bond acceptors (Lipinski definition) is 3. The Morgan fingerprint density at radius 2 is 2.13 bits per heavy atom. The van der Waals surface area contributed by atoms with Crippen molar-refractivity contribution in [2.45, 2.75) is 26.4 Å². The van der Waals surface area contributed by atoms with E-state index in [1.165, 1.54) is 0 Å². The van der Waals surface area contributed by atoms with Crippen molar-refractivity contribution in [2.24, 2.45) is 0 Å². The molecular weight excluding hydrogens is 192 g/mol. The quantitative estimate of drug-likeness (QED) is 0.617. The fourth-order valence-electron chi connectivity index (χ4n) is 1.27. The van der Waals surface area contributed by atoms with Crippen LogP contribution in [0.4, 0.5) is 4.79 Å². The van der Waals surface area contributed by atoms with Crippen LogP contribution in [0.3, 0.4) is 0 Å². The summed E-state index contributed by atoms with van der Waals surface area (Å²) >= 11 is 0. The summed E-state index contributed by atoms with van der Waals surface area (Å²) in [7, 11) is 0. The van der Waals surface area contributed by atoms with Crippen molar-refractivity contribution in [3.8, 4) is 0 Å². The molecule has 1 aliphatic heterocycles. The molecule has 0 saturated carbocycles. The Labute approximate surface area is 91.3 Å². The van der Waals surface area contributed by atoms with E-state index in [0.717, 1.165) is 13.1 Å². The number of nitrogens with one attached hydrogen (secondary N) is 1. The van der Waals surface area contributed by atoms with E-state index in [1.54, 1.807) is 4.90 Å². The molecule has 1 N–H and O–H groups in total. The van der Waals surface area contributed by atoms with Crippen LogP contribution in [0.25, 0.3) is 0 Å². The zero-order valence-corrected chi connectivity index (χ0v) is 9.75. The number of carbonyl (C=O) groups is 1. The summed E-state index contributed by atoms with van der Waals surface area (Å²) in [6, 6.07) is 0. The first-order chi connectivity index (χ1) is 6.99. The van der Waals surface area contributed by atoms with Gasteiger partial charge in [-0.15, -0.1) is 0 Å². The molecule has 4 heteroatoms. The maximum Gasteiger partial charge on any atom is 0.410 e. The third-order valence-corrected chi connectivity index (χ3v) is 1.96. The molecule has 0 unspecified atom stereocenters. The van der Waals surface area contributed by atoms with Crippen LogP contribution in [-0.4, -0.2) is 42.8 Å². The lowest BCUT2D eigenvalue weighted by Crippen LogP contribution is -2.41. The second-order valence-corrected chi connectivity index (χ2v) is 4.60. The zero-order chi connectivity index (χ0) is 11.3. The lowest BCUT2D eigenvalue weighted by molar-refractivity contribution is 0.0272. The van der Waals surface area contributed by atoms with Crippen molar-refractivity contribution >= 4 is 6.09 Å². The Balaban J connectivity index is 2.49. The minimum absolute atomic E-state index is 0.240. The molecule has 0 radical (unpaired) electrons. The zero-order valence-electron chi connectivity index (χ0n) is 9.75. The molecule has 1 aliphatic rings. The van der Waals surface area contributed by atoms with Crippen LogP contribution in [0.1, 0.15) is 20.8 Å². The van der Waals surface area contributed by atoms with E-state index >= 15 is 0 Å². The van der Waals surface area contributed by atoms with Crippen LogP contribution >= 0.6 is 0 Å². The fourth-order valence-corrected chi connectivity index (χ4v) is 1.27. The number of carbonyl (C=O) groups excluding carboxylic acids is 1. The molecular formula is C11H20N2O2. The molecule has 0 atom stereocenters. The molecule has 0 fully saturated rings. The Morgan fingerprint density at radius 3 is 2.80 bits per heavy atom. The highest BCUT2D eigenvalue weighted by molar-refractivity contribution is 5.68. The van der Waals surface area contributed by atoms with Gasteiger partial charge in [-0.25, -0.2) is 4.79 Å². The summed E-state index contributed by atoms with van der Waals surface area (Å²) in [6.45, 7) is 8.65. The van der Waals surface area contributed by atoms with Crippen LogP contribution in [0.15, 0.2) is 12.2 Å². The summed E-state index contributed by atoms with van der Waals surface area (Å²) < 4.78 is 5.30. The molecule has 1 amide bonds. The molecule has 0 aliphatic carbocycles. The van der Waals surface area contributed by atoms with Crippen LogP contribution in [-0.2, 0) is 4.74 Å².